The van der Waals surface area contributed by atoms with Crippen molar-refractivity contribution in [3.63, 3.8) is 0 Å². The Hall–Kier alpha value is -1.25. The zero-order chi connectivity index (χ0) is 15.7. The monoisotopic (exact) mass is 363 g/mol. The molecular weight excluding hydrogens is 356 g/mol. The van der Waals surface area contributed by atoms with Crippen LogP contribution >= 0.6 is 15.9 Å². The van der Waals surface area contributed by atoms with Crippen LogP contribution in [-0.4, -0.2) is 18.3 Å². The number of nitrogens with one attached hydrogen (secondary N) is 1. The first-order valence-corrected chi connectivity index (χ1v) is 5.92. The molecule has 0 aromatic heterocycles. The number of aryl methyl sites for hydroxylation is 1. The highest BCUT2D eigenvalue weighted by Gasteiger charge is 2.61. The second kappa shape index (κ2) is 5.63. The molecule has 1 aromatic carbocycles. The van der Waals surface area contributed by atoms with E-state index in [1.54, 1.807) is 12.2 Å². The summed E-state index contributed by atoms with van der Waals surface area (Å²) in [5, 5.41) is 1.62. The van der Waals surface area contributed by atoms with Crippen LogP contribution in [0.3, 0.4) is 0 Å². The van der Waals surface area contributed by atoms with Crippen molar-refractivity contribution >= 4 is 27.5 Å². The molecule has 0 aliphatic carbocycles. The molecule has 0 atom stereocenters. The molecule has 0 aliphatic rings. The zero-order valence-corrected chi connectivity index (χ0v) is 11.4. The SMILES string of the molecule is Cc1cc(NC(=O)C(C(F)(F)F)C(F)(F)F)ccc1Br. The van der Waals surface area contributed by atoms with E-state index in [4.69, 9.17) is 0 Å². The van der Waals surface area contributed by atoms with Crippen molar-refractivity contribution < 1.29 is 31.1 Å². The van der Waals surface area contributed by atoms with Crippen LogP contribution in [-0.2, 0) is 4.79 Å². The number of benzene rings is 1. The molecule has 1 N–H and O–H groups in total. The maximum Gasteiger partial charge on any atom is 0.409 e. The molecule has 1 amide bonds. The minimum Gasteiger partial charge on any atom is -0.325 e. The number of hydrogen-bond donors (Lipinski definition) is 1. The Morgan fingerprint density at radius 3 is 2.05 bits per heavy atom. The van der Waals surface area contributed by atoms with Crippen LogP contribution in [0.4, 0.5) is 32.0 Å². The molecule has 0 bridgehead atoms. The molecule has 20 heavy (non-hydrogen) atoms. The summed E-state index contributed by atoms with van der Waals surface area (Å²) in [6, 6.07) is 3.85. The standard InChI is InChI=1S/C11H8BrF6NO/c1-5-4-6(2-3-7(5)12)19-9(20)8(10(13,14)15)11(16,17)18/h2-4,8H,1H3,(H,19,20). The molecule has 9 heteroatoms. The van der Waals surface area contributed by atoms with Crippen LogP contribution in [0, 0.1) is 12.8 Å². The van der Waals surface area contributed by atoms with Crippen LogP contribution in [0.5, 0.6) is 0 Å². The van der Waals surface area contributed by atoms with Gasteiger partial charge in [0.25, 0.3) is 0 Å². The molecule has 0 spiro atoms. The van der Waals surface area contributed by atoms with Crippen molar-refractivity contribution in [2.24, 2.45) is 5.92 Å². The Morgan fingerprint density at radius 2 is 1.65 bits per heavy atom. The zero-order valence-electron chi connectivity index (χ0n) is 9.86. The van der Waals surface area contributed by atoms with Gasteiger partial charge in [-0.15, -0.1) is 0 Å². The number of amides is 1. The van der Waals surface area contributed by atoms with Gasteiger partial charge in [0.15, 0.2) is 0 Å². The first kappa shape index (κ1) is 16.8. The highest BCUT2D eigenvalue weighted by atomic mass is 79.9. The Morgan fingerprint density at radius 1 is 1.15 bits per heavy atom. The Kier molecular flexibility index (Phi) is 4.73. The summed E-state index contributed by atoms with van der Waals surface area (Å²) < 4.78 is 74.6. The lowest BCUT2D eigenvalue weighted by Gasteiger charge is -2.22. The lowest BCUT2D eigenvalue weighted by atomic mass is 10.1. The second-order valence-corrected chi connectivity index (χ2v) is 4.82. The molecule has 1 rings (SSSR count). The first-order chi connectivity index (χ1) is 8.93. The minimum atomic E-state index is -5.70. The average molecular weight is 364 g/mol. The van der Waals surface area contributed by atoms with E-state index in [1.807, 2.05) is 0 Å². The van der Waals surface area contributed by atoms with Gasteiger partial charge in [-0.1, -0.05) is 15.9 Å². The molecule has 0 saturated heterocycles. The summed E-state index contributed by atoms with van der Waals surface area (Å²) in [5.74, 6) is -6.22. The number of carbonyl (C=O) groups excluding carboxylic acids is 1. The minimum absolute atomic E-state index is 0.144. The average Bonchev–Trinajstić information content (AvgIpc) is 2.18. The van der Waals surface area contributed by atoms with Crippen molar-refractivity contribution in [3.8, 4) is 0 Å². The summed E-state index contributed by atoms with van der Waals surface area (Å²) in [7, 11) is 0. The fraction of sp³-hybridized carbons (Fsp3) is 0.364. The highest BCUT2D eigenvalue weighted by Crippen LogP contribution is 2.40. The number of carbonyl (C=O) groups is 1. The molecule has 0 aliphatic heterocycles. The Bertz CT molecular complexity index is 497. The number of alkyl halides is 6. The van der Waals surface area contributed by atoms with Crippen LogP contribution in [0.25, 0.3) is 0 Å². The van der Waals surface area contributed by atoms with Gasteiger partial charge in [-0.3, -0.25) is 4.79 Å². The Balaban J connectivity index is 3.00. The van der Waals surface area contributed by atoms with Gasteiger partial charge in [0, 0.05) is 10.2 Å². The van der Waals surface area contributed by atoms with Crippen molar-refractivity contribution in [2.45, 2.75) is 19.3 Å². The number of hydrogen-bond acceptors (Lipinski definition) is 1. The van der Waals surface area contributed by atoms with Crippen molar-refractivity contribution in [1.29, 1.82) is 0 Å². The van der Waals surface area contributed by atoms with Crippen LogP contribution < -0.4 is 5.32 Å². The molecule has 0 heterocycles. The van der Waals surface area contributed by atoms with E-state index in [0.29, 0.717) is 10.0 Å². The molecule has 0 saturated carbocycles. The van der Waals surface area contributed by atoms with Gasteiger partial charge in [0.05, 0.1) is 0 Å². The van der Waals surface area contributed by atoms with Crippen molar-refractivity contribution in [3.05, 3.63) is 28.2 Å². The van der Waals surface area contributed by atoms with E-state index < -0.39 is 24.2 Å². The van der Waals surface area contributed by atoms with E-state index in [0.717, 1.165) is 0 Å². The van der Waals surface area contributed by atoms with Gasteiger partial charge in [-0.25, -0.2) is 0 Å². The van der Waals surface area contributed by atoms with Gasteiger partial charge in [0.1, 0.15) is 0 Å². The quantitative estimate of drug-likeness (QED) is 0.773. The van der Waals surface area contributed by atoms with Gasteiger partial charge < -0.3 is 5.32 Å². The van der Waals surface area contributed by atoms with E-state index in [9.17, 15) is 31.1 Å². The summed E-state index contributed by atoms with van der Waals surface area (Å²) in [4.78, 5) is 11.2. The smallest absolute Gasteiger partial charge is 0.325 e. The molecule has 0 unspecified atom stereocenters. The van der Waals surface area contributed by atoms with Gasteiger partial charge in [0.2, 0.25) is 11.8 Å². The van der Waals surface area contributed by atoms with E-state index in [2.05, 4.69) is 15.9 Å². The first-order valence-electron chi connectivity index (χ1n) is 5.13. The molecular formula is C11H8BrF6NO. The van der Waals surface area contributed by atoms with Crippen LogP contribution in [0.2, 0.25) is 0 Å². The lowest BCUT2D eigenvalue weighted by molar-refractivity contribution is -0.272. The predicted octanol–water partition coefficient (Wildman–Crippen LogP) is 4.44. The van der Waals surface area contributed by atoms with Crippen LogP contribution in [0.1, 0.15) is 5.56 Å². The summed E-state index contributed by atoms with van der Waals surface area (Å²) in [6.07, 6.45) is -11.4. The van der Waals surface area contributed by atoms with Crippen LogP contribution in [0.15, 0.2) is 22.7 Å². The predicted molar refractivity (Wildman–Crippen MR) is 63.1 cm³/mol. The number of halogens is 7. The third-order valence-corrected chi connectivity index (χ3v) is 3.23. The largest absolute Gasteiger partial charge is 0.409 e. The molecule has 0 radical (unpaired) electrons. The summed E-state index contributed by atoms with van der Waals surface area (Å²) >= 11 is 3.12. The highest BCUT2D eigenvalue weighted by molar-refractivity contribution is 9.10. The molecule has 2 nitrogen and oxygen atoms in total. The van der Waals surface area contributed by atoms with Gasteiger partial charge >= 0.3 is 12.4 Å². The van der Waals surface area contributed by atoms with Crippen molar-refractivity contribution in [1.82, 2.24) is 0 Å². The summed E-state index contributed by atoms with van der Waals surface area (Å²) in [6.45, 7) is 1.57. The van der Waals surface area contributed by atoms with E-state index in [-0.39, 0.29) is 5.69 Å². The molecule has 1 aromatic rings. The van der Waals surface area contributed by atoms with E-state index in [1.165, 1.54) is 18.2 Å². The van der Waals surface area contributed by atoms with Gasteiger partial charge in [-0.2, -0.15) is 26.3 Å². The molecule has 0 fully saturated rings. The van der Waals surface area contributed by atoms with E-state index >= 15 is 0 Å². The fourth-order valence-corrected chi connectivity index (χ4v) is 1.67. The summed E-state index contributed by atoms with van der Waals surface area (Å²) in [5.41, 5.74) is 0.410. The third kappa shape index (κ3) is 4.12. The topological polar surface area (TPSA) is 29.1 Å². The van der Waals surface area contributed by atoms with Gasteiger partial charge in [-0.05, 0) is 30.7 Å². The van der Waals surface area contributed by atoms with Crippen molar-refractivity contribution in [2.75, 3.05) is 5.32 Å². The normalized spacial score (nSPS) is 12.7. The number of rotatable bonds is 2. The second-order valence-electron chi connectivity index (χ2n) is 3.97. The molecule has 112 valence electrons. The Labute approximate surface area is 118 Å². The maximum absolute atomic E-state index is 12.3. The fourth-order valence-electron chi connectivity index (χ4n) is 1.42. The maximum atomic E-state index is 12.3. The lowest BCUT2D eigenvalue weighted by Crippen LogP contribution is -2.45. The third-order valence-electron chi connectivity index (χ3n) is 2.34. The number of anilines is 1.